The maximum absolute atomic E-state index is 13.8. The number of nitrogens with zero attached hydrogens (tertiary/aromatic N) is 2. The van der Waals surface area contributed by atoms with Crippen LogP contribution in [0.5, 0.6) is 0 Å². The van der Waals surface area contributed by atoms with E-state index in [1.165, 1.54) is 18.2 Å². The largest absolute Gasteiger partial charge is 0.337 e. The topological polar surface area (TPSA) is 37.8 Å². The standard InChI is InChI=1S/C15H16Cl2FN3/c1-8-12(17)20-14(15(2,3)4)21-13(8)19-11-7-9(16)5-6-10(11)18/h5-7H,1-4H3,(H,19,20,21). The number of hydrogen-bond acceptors (Lipinski definition) is 3. The van der Waals surface area contributed by atoms with Crippen LogP contribution in [0.3, 0.4) is 0 Å². The minimum absolute atomic E-state index is 0.250. The molecule has 2 rings (SSSR count). The van der Waals surface area contributed by atoms with E-state index in [2.05, 4.69) is 15.3 Å². The Morgan fingerprint density at radius 3 is 2.43 bits per heavy atom. The number of anilines is 2. The van der Waals surface area contributed by atoms with E-state index in [1.807, 2.05) is 20.8 Å². The number of benzene rings is 1. The third-order valence-corrected chi connectivity index (χ3v) is 3.54. The van der Waals surface area contributed by atoms with Crippen LogP contribution in [0, 0.1) is 12.7 Å². The minimum Gasteiger partial charge on any atom is -0.337 e. The second-order valence-corrected chi connectivity index (χ2v) is 6.61. The van der Waals surface area contributed by atoms with Gasteiger partial charge in [-0.1, -0.05) is 44.0 Å². The number of hydrogen-bond donors (Lipinski definition) is 1. The lowest BCUT2D eigenvalue weighted by Gasteiger charge is -2.19. The molecule has 0 radical (unpaired) electrons. The molecule has 0 saturated carbocycles. The van der Waals surface area contributed by atoms with Crippen LogP contribution < -0.4 is 5.32 Å². The van der Waals surface area contributed by atoms with Crippen LogP contribution in [0.4, 0.5) is 15.9 Å². The van der Waals surface area contributed by atoms with Crippen LogP contribution in [-0.2, 0) is 5.41 Å². The van der Waals surface area contributed by atoms with E-state index in [4.69, 9.17) is 23.2 Å². The lowest BCUT2D eigenvalue weighted by molar-refractivity contribution is 0.545. The lowest BCUT2D eigenvalue weighted by Crippen LogP contribution is -2.17. The monoisotopic (exact) mass is 327 g/mol. The van der Waals surface area contributed by atoms with E-state index >= 15 is 0 Å². The van der Waals surface area contributed by atoms with Gasteiger partial charge in [0, 0.05) is 16.0 Å². The van der Waals surface area contributed by atoms with Crippen molar-refractivity contribution in [2.24, 2.45) is 0 Å². The smallest absolute Gasteiger partial charge is 0.146 e. The molecule has 0 aliphatic rings. The summed E-state index contributed by atoms with van der Waals surface area (Å²) in [7, 11) is 0. The van der Waals surface area contributed by atoms with Crippen molar-refractivity contribution >= 4 is 34.7 Å². The summed E-state index contributed by atoms with van der Waals surface area (Å²) < 4.78 is 13.8. The van der Waals surface area contributed by atoms with Crippen LogP contribution in [0.25, 0.3) is 0 Å². The average Bonchev–Trinajstić information content (AvgIpc) is 2.37. The summed E-state index contributed by atoms with van der Waals surface area (Å²) in [6.45, 7) is 7.73. The summed E-state index contributed by atoms with van der Waals surface area (Å²) in [4.78, 5) is 8.73. The van der Waals surface area contributed by atoms with Gasteiger partial charge >= 0.3 is 0 Å². The molecule has 3 nitrogen and oxygen atoms in total. The zero-order valence-electron chi connectivity index (χ0n) is 12.3. The number of nitrogens with one attached hydrogen (secondary N) is 1. The molecule has 0 aliphatic heterocycles. The molecular formula is C15H16Cl2FN3. The molecule has 2 aromatic rings. The highest BCUT2D eigenvalue weighted by molar-refractivity contribution is 6.31. The molecule has 1 heterocycles. The first kappa shape index (κ1) is 16.0. The quantitative estimate of drug-likeness (QED) is 0.763. The Morgan fingerprint density at radius 2 is 1.81 bits per heavy atom. The van der Waals surface area contributed by atoms with Crippen molar-refractivity contribution in [1.29, 1.82) is 0 Å². The van der Waals surface area contributed by atoms with E-state index in [0.717, 1.165) is 0 Å². The third-order valence-electron chi connectivity index (χ3n) is 2.94. The molecule has 0 fully saturated rings. The molecule has 21 heavy (non-hydrogen) atoms. The first-order valence-corrected chi connectivity index (χ1v) is 7.21. The molecule has 0 bridgehead atoms. The first-order chi connectivity index (χ1) is 9.68. The first-order valence-electron chi connectivity index (χ1n) is 6.45. The fourth-order valence-electron chi connectivity index (χ4n) is 1.67. The third kappa shape index (κ3) is 3.63. The number of aromatic nitrogens is 2. The molecule has 0 spiro atoms. The van der Waals surface area contributed by atoms with Crippen molar-refractivity contribution in [2.45, 2.75) is 33.1 Å². The van der Waals surface area contributed by atoms with E-state index in [0.29, 0.717) is 27.4 Å². The fraction of sp³-hybridized carbons (Fsp3) is 0.333. The average molecular weight is 328 g/mol. The van der Waals surface area contributed by atoms with Gasteiger partial charge < -0.3 is 5.32 Å². The minimum atomic E-state index is -0.411. The molecule has 0 unspecified atom stereocenters. The van der Waals surface area contributed by atoms with Crippen LogP contribution in [0.15, 0.2) is 18.2 Å². The van der Waals surface area contributed by atoms with Crippen LogP contribution in [0.2, 0.25) is 10.2 Å². The van der Waals surface area contributed by atoms with Gasteiger partial charge in [0.05, 0.1) is 5.69 Å². The Hall–Kier alpha value is -1.39. The lowest BCUT2D eigenvalue weighted by atomic mass is 9.95. The Balaban J connectivity index is 2.49. The van der Waals surface area contributed by atoms with Gasteiger partial charge in [-0.15, -0.1) is 0 Å². The molecule has 112 valence electrons. The molecule has 0 aliphatic carbocycles. The van der Waals surface area contributed by atoms with Crippen molar-refractivity contribution in [2.75, 3.05) is 5.32 Å². The fourth-order valence-corrected chi connectivity index (χ4v) is 2.01. The van der Waals surface area contributed by atoms with Gasteiger partial charge in [0.25, 0.3) is 0 Å². The molecule has 1 N–H and O–H groups in total. The van der Waals surface area contributed by atoms with Crippen molar-refractivity contribution in [3.05, 3.63) is 45.6 Å². The van der Waals surface area contributed by atoms with Gasteiger partial charge in [-0.05, 0) is 25.1 Å². The number of rotatable bonds is 2. The predicted octanol–water partition coefficient (Wildman–Crippen LogP) is 5.27. The maximum atomic E-state index is 13.8. The highest BCUT2D eigenvalue weighted by Gasteiger charge is 2.21. The normalized spacial score (nSPS) is 11.6. The van der Waals surface area contributed by atoms with Gasteiger partial charge in [-0.2, -0.15) is 0 Å². The van der Waals surface area contributed by atoms with Gasteiger partial charge in [0.1, 0.15) is 22.6 Å². The maximum Gasteiger partial charge on any atom is 0.146 e. The Morgan fingerprint density at radius 1 is 1.14 bits per heavy atom. The summed E-state index contributed by atoms with van der Waals surface area (Å²) in [6.07, 6.45) is 0. The molecule has 0 atom stereocenters. The summed E-state index contributed by atoms with van der Waals surface area (Å²) in [5, 5.41) is 3.72. The second-order valence-electron chi connectivity index (χ2n) is 5.81. The Bertz CT molecular complexity index is 681. The van der Waals surface area contributed by atoms with Crippen LogP contribution in [0.1, 0.15) is 32.2 Å². The summed E-state index contributed by atoms with van der Waals surface area (Å²) >= 11 is 12.0. The van der Waals surface area contributed by atoms with E-state index in [-0.39, 0.29) is 11.1 Å². The second kappa shape index (κ2) is 5.78. The van der Waals surface area contributed by atoms with E-state index in [9.17, 15) is 4.39 Å². The molecule has 1 aromatic heterocycles. The van der Waals surface area contributed by atoms with Crippen molar-refractivity contribution in [3.63, 3.8) is 0 Å². The Kier molecular flexibility index (Phi) is 4.40. The predicted molar refractivity (Wildman–Crippen MR) is 85.2 cm³/mol. The molecule has 1 aromatic carbocycles. The SMILES string of the molecule is Cc1c(Cl)nc(C(C)(C)C)nc1Nc1cc(Cl)ccc1F. The zero-order chi connectivity index (χ0) is 15.8. The summed E-state index contributed by atoms with van der Waals surface area (Å²) in [5.74, 6) is 0.648. The van der Waals surface area contributed by atoms with Crippen molar-refractivity contribution in [3.8, 4) is 0 Å². The molecule has 0 amide bonds. The van der Waals surface area contributed by atoms with Crippen molar-refractivity contribution in [1.82, 2.24) is 9.97 Å². The van der Waals surface area contributed by atoms with E-state index in [1.54, 1.807) is 6.92 Å². The summed E-state index contributed by atoms with van der Waals surface area (Å²) in [6, 6.07) is 4.29. The van der Waals surface area contributed by atoms with Gasteiger partial charge in [-0.3, -0.25) is 0 Å². The summed E-state index contributed by atoms with van der Waals surface area (Å²) in [5.41, 5.74) is 0.643. The van der Waals surface area contributed by atoms with Gasteiger partial charge in [-0.25, -0.2) is 14.4 Å². The number of halogens is 3. The van der Waals surface area contributed by atoms with Gasteiger partial charge in [0.15, 0.2) is 0 Å². The Labute approximate surface area is 133 Å². The van der Waals surface area contributed by atoms with Crippen LogP contribution >= 0.6 is 23.2 Å². The molecule has 6 heteroatoms. The van der Waals surface area contributed by atoms with Gasteiger partial charge in [0.2, 0.25) is 0 Å². The highest BCUT2D eigenvalue weighted by atomic mass is 35.5. The molecule has 0 saturated heterocycles. The zero-order valence-corrected chi connectivity index (χ0v) is 13.8. The van der Waals surface area contributed by atoms with E-state index < -0.39 is 5.82 Å². The highest BCUT2D eigenvalue weighted by Crippen LogP contribution is 2.29. The van der Waals surface area contributed by atoms with Crippen LogP contribution in [-0.4, -0.2) is 9.97 Å². The van der Waals surface area contributed by atoms with Crippen molar-refractivity contribution < 1.29 is 4.39 Å². The molecular weight excluding hydrogens is 312 g/mol.